The molecule has 2 fully saturated rings. The second kappa shape index (κ2) is 11.2. The summed E-state index contributed by atoms with van der Waals surface area (Å²) in [6.07, 6.45) is 1.81. The second-order valence-corrected chi connectivity index (χ2v) is 8.29. The Kier molecular flexibility index (Phi) is 8.07. The summed E-state index contributed by atoms with van der Waals surface area (Å²) in [6.45, 7) is 4.16. The Morgan fingerprint density at radius 3 is 2.62 bits per heavy atom. The number of nitrogens with zero attached hydrogens (tertiary/aromatic N) is 4. The fourth-order valence-electron chi connectivity index (χ4n) is 4.50. The van der Waals surface area contributed by atoms with Crippen LogP contribution in [0.5, 0.6) is 0 Å². The smallest absolute Gasteiger partial charge is 0.167 e. The highest BCUT2D eigenvalue weighted by Crippen LogP contribution is 2.33. The molecule has 10 nitrogen and oxygen atoms in total. The summed E-state index contributed by atoms with van der Waals surface area (Å²) in [6, 6.07) is 10.2. The second-order valence-electron chi connectivity index (χ2n) is 8.29. The first-order valence-corrected chi connectivity index (χ1v) is 11.9. The molecule has 1 saturated carbocycles. The molecular weight excluding hydrogens is 438 g/mol. The van der Waals surface area contributed by atoms with Crippen LogP contribution in [0, 0.1) is 0 Å². The zero-order chi connectivity index (χ0) is 24.1. The molecule has 6 atom stereocenters. The number of aromatic nitrogens is 4. The molecule has 2 unspecified atom stereocenters. The Hall–Kier alpha value is -2.63. The molecule has 34 heavy (non-hydrogen) atoms. The van der Waals surface area contributed by atoms with Crippen molar-refractivity contribution in [1.29, 1.82) is 0 Å². The van der Waals surface area contributed by atoms with Gasteiger partial charge in [-0.15, -0.1) is 0 Å². The standard InChI is InChI=1S/C22H27N5O5.C2H6/c28-9-16-18(29)19(30)22(32-16)27-12-25-17-20(23-11-24-21(17)27)26-14-7-4-8-15(14)31-10-13-5-2-1-3-6-13;1-2/h1-3,5-6,11-12,14-16,18-19,22,28-30H,4,7-10H2,(H,23,24,26);1-2H3/t14?,15?,16-,18-,19-,22-;/m1./s1. The van der Waals surface area contributed by atoms with E-state index in [-0.39, 0.29) is 12.1 Å². The van der Waals surface area contributed by atoms with Crippen molar-refractivity contribution in [3.05, 3.63) is 48.5 Å². The van der Waals surface area contributed by atoms with Gasteiger partial charge in [0.05, 0.1) is 31.7 Å². The molecule has 0 amide bonds. The maximum absolute atomic E-state index is 10.4. The highest BCUT2D eigenvalue weighted by Gasteiger charge is 2.44. The fourth-order valence-corrected chi connectivity index (χ4v) is 4.50. The van der Waals surface area contributed by atoms with E-state index in [9.17, 15) is 15.3 Å². The first-order chi connectivity index (χ1) is 16.7. The van der Waals surface area contributed by atoms with E-state index in [2.05, 4.69) is 32.4 Å². The molecule has 1 aliphatic carbocycles. The predicted octanol–water partition coefficient (Wildman–Crippen LogP) is 2.01. The van der Waals surface area contributed by atoms with Crippen molar-refractivity contribution in [1.82, 2.24) is 19.5 Å². The Morgan fingerprint density at radius 2 is 1.88 bits per heavy atom. The third-order valence-corrected chi connectivity index (χ3v) is 6.23. The molecule has 0 bridgehead atoms. The SMILES string of the molecule is CC.OC[C@H]1O[C@@H](n2cnc3c(NC4CCCC4OCc4ccccc4)ncnc32)[C@H](O)[C@@H]1O. The lowest BCUT2D eigenvalue weighted by atomic mass is 10.1. The van der Waals surface area contributed by atoms with Crippen molar-refractivity contribution in [2.24, 2.45) is 0 Å². The van der Waals surface area contributed by atoms with E-state index in [1.807, 2.05) is 32.0 Å². The Labute approximate surface area is 198 Å². The average molecular weight is 472 g/mol. The number of fused-ring (bicyclic) bond motifs is 1. The van der Waals surface area contributed by atoms with Gasteiger partial charge >= 0.3 is 0 Å². The lowest BCUT2D eigenvalue weighted by Crippen LogP contribution is -2.33. The molecule has 4 N–H and O–H groups in total. The van der Waals surface area contributed by atoms with Crippen LogP contribution in [0.2, 0.25) is 0 Å². The quantitative estimate of drug-likeness (QED) is 0.408. The van der Waals surface area contributed by atoms with Gasteiger partial charge in [0.2, 0.25) is 0 Å². The zero-order valence-corrected chi connectivity index (χ0v) is 19.5. The molecule has 0 spiro atoms. The number of hydrogen-bond acceptors (Lipinski definition) is 9. The lowest BCUT2D eigenvalue weighted by molar-refractivity contribution is -0.0511. The van der Waals surface area contributed by atoms with Crippen LogP contribution in [0.1, 0.15) is 44.9 Å². The molecule has 3 heterocycles. The van der Waals surface area contributed by atoms with Crippen LogP contribution in [0.4, 0.5) is 5.82 Å². The minimum atomic E-state index is -1.21. The van der Waals surface area contributed by atoms with Crippen LogP contribution in [0.3, 0.4) is 0 Å². The largest absolute Gasteiger partial charge is 0.394 e. The summed E-state index contributed by atoms with van der Waals surface area (Å²) >= 11 is 0. The van der Waals surface area contributed by atoms with Gasteiger partial charge in [0.1, 0.15) is 24.6 Å². The fraction of sp³-hybridized carbons (Fsp3) is 0.542. The topological polar surface area (TPSA) is 135 Å². The van der Waals surface area contributed by atoms with Crippen LogP contribution >= 0.6 is 0 Å². The number of aliphatic hydroxyl groups is 3. The molecule has 1 aromatic carbocycles. The van der Waals surface area contributed by atoms with E-state index in [0.29, 0.717) is 23.6 Å². The number of hydrogen-bond donors (Lipinski definition) is 4. The minimum absolute atomic E-state index is 0.0581. The number of ether oxygens (including phenoxy) is 2. The monoisotopic (exact) mass is 471 g/mol. The molecule has 184 valence electrons. The summed E-state index contributed by atoms with van der Waals surface area (Å²) in [5, 5.41) is 33.3. The van der Waals surface area contributed by atoms with Crippen LogP contribution in [-0.4, -0.2) is 71.9 Å². The molecule has 0 radical (unpaired) electrons. The van der Waals surface area contributed by atoms with Crippen molar-refractivity contribution in [2.45, 2.75) is 76.4 Å². The maximum atomic E-state index is 10.4. The Morgan fingerprint density at radius 1 is 1.09 bits per heavy atom. The van der Waals surface area contributed by atoms with Crippen LogP contribution in [-0.2, 0) is 16.1 Å². The normalized spacial score (nSPS) is 28.6. The summed E-state index contributed by atoms with van der Waals surface area (Å²) in [7, 11) is 0. The molecule has 2 aromatic heterocycles. The van der Waals surface area contributed by atoms with Gasteiger partial charge in [0.25, 0.3) is 0 Å². The number of rotatable bonds is 7. The molecule has 1 aliphatic heterocycles. The molecule has 10 heteroatoms. The number of imidazole rings is 1. The van der Waals surface area contributed by atoms with Gasteiger partial charge in [-0.25, -0.2) is 15.0 Å². The van der Waals surface area contributed by atoms with Gasteiger partial charge in [-0.2, -0.15) is 0 Å². The summed E-state index contributed by atoms with van der Waals surface area (Å²) in [5.74, 6) is 0.584. The molecule has 5 rings (SSSR count). The number of anilines is 1. The summed E-state index contributed by atoms with van der Waals surface area (Å²) < 4.78 is 13.4. The maximum Gasteiger partial charge on any atom is 0.167 e. The van der Waals surface area contributed by atoms with Gasteiger partial charge in [-0.1, -0.05) is 44.2 Å². The van der Waals surface area contributed by atoms with Crippen molar-refractivity contribution >= 4 is 17.0 Å². The van der Waals surface area contributed by atoms with Crippen LogP contribution < -0.4 is 5.32 Å². The number of aliphatic hydroxyl groups excluding tert-OH is 3. The average Bonchev–Trinajstić information content (AvgIpc) is 3.58. The van der Waals surface area contributed by atoms with Gasteiger partial charge in [-0.05, 0) is 24.8 Å². The minimum Gasteiger partial charge on any atom is -0.394 e. The Bertz CT molecular complexity index is 1050. The van der Waals surface area contributed by atoms with Crippen LogP contribution in [0.15, 0.2) is 43.0 Å². The first kappa shape index (κ1) is 24.5. The first-order valence-electron chi connectivity index (χ1n) is 11.9. The molecular formula is C24H33N5O5. The number of nitrogens with one attached hydrogen (secondary N) is 1. The summed E-state index contributed by atoms with van der Waals surface area (Å²) in [5.41, 5.74) is 2.15. The summed E-state index contributed by atoms with van der Waals surface area (Å²) in [4.78, 5) is 13.1. The molecule has 1 saturated heterocycles. The van der Waals surface area contributed by atoms with E-state index < -0.39 is 31.1 Å². The van der Waals surface area contributed by atoms with Crippen molar-refractivity contribution in [2.75, 3.05) is 11.9 Å². The molecule has 3 aromatic rings. The highest BCUT2D eigenvalue weighted by atomic mass is 16.6. The van der Waals surface area contributed by atoms with Crippen molar-refractivity contribution < 1.29 is 24.8 Å². The zero-order valence-electron chi connectivity index (χ0n) is 19.5. The van der Waals surface area contributed by atoms with Crippen LogP contribution in [0.25, 0.3) is 11.2 Å². The third-order valence-electron chi connectivity index (χ3n) is 6.23. The van der Waals surface area contributed by atoms with Crippen molar-refractivity contribution in [3.8, 4) is 0 Å². The molecule has 2 aliphatic rings. The van der Waals surface area contributed by atoms with Gasteiger partial charge in [0, 0.05) is 0 Å². The van der Waals surface area contributed by atoms with E-state index in [1.165, 1.54) is 12.7 Å². The predicted molar refractivity (Wildman–Crippen MR) is 126 cm³/mol. The van der Waals surface area contributed by atoms with E-state index in [4.69, 9.17) is 9.47 Å². The van der Waals surface area contributed by atoms with E-state index in [0.717, 1.165) is 24.8 Å². The Balaban J connectivity index is 0.00000133. The van der Waals surface area contributed by atoms with E-state index in [1.54, 1.807) is 4.57 Å². The van der Waals surface area contributed by atoms with Crippen molar-refractivity contribution in [3.63, 3.8) is 0 Å². The highest BCUT2D eigenvalue weighted by molar-refractivity contribution is 5.82. The third kappa shape index (κ3) is 4.91. The van der Waals surface area contributed by atoms with Gasteiger partial charge in [0.15, 0.2) is 23.2 Å². The van der Waals surface area contributed by atoms with Gasteiger partial charge < -0.3 is 30.1 Å². The number of benzene rings is 1. The van der Waals surface area contributed by atoms with Gasteiger partial charge in [-0.3, -0.25) is 4.57 Å². The lowest BCUT2D eigenvalue weighted by Gasteiger charge is -2.22. The van der Waals surface area contributed by atoms with E-state index >= 15 is 0 Å².